The molecule has 1 aliphatic heterocycles. The summed E-state index contributed by atoms with van der Waals surface area (Å²) in [4.78, 5) is 16.6. The van der Waals surface area contributed by atoms with E-state index in [4.69, 9.17) is 4.84 Å². The molecule has 0 saturated heterocycles. The fourth-order valence-electron chi connectivity index (χ4n) is 4.25. The summed E-state index contributed by atoms with van der Waals surface area (Å²) in [6, 6.07) is 7.91. The summed E-state index contributed by atoms with van der Waals surface area (Å²) in [5.74, 6) is -0.0958. The lowest BCUT2D eigenvalue weighted by Crippen LogP contribution is -2.42. The maximum absolute atomic E-state index is 14.1. The van der Waals surface area contributed by atoms with Crippen LogP contribution in [-0.4, -0.2) is 17.8 Å². The average molecular weight is 470 g/mol. The molecule has 2 atom stereocenters. The number of rotatable bonds is 4. The molecule has 10 heteroatoms. The van der Waals surface area contributed by atoms with Gasteiger partial charge in [-0.1, -0.05) is 36.3 Å². The molecule has 0 spiro atoms. The Morgan fingerprint density at radius 2 is 1.91 bits per heavy atom. The molecule has 1 heterocycles. The standard InChI is InChI=1S/C23H20F6N2O2/c1-2-20(32)30-18-9-7-13-10-14(6-8-17(13)18)19-12-21(33-31-19,23(27,28)29)15-4-3-5-16(11-15)22(24,25)26/h3-6,8,10-11,18H,2,7,9,12H2,1H3,(H,30,32). The number of nitrogens with zero attached hydrogens (tertiary/aromatic N) is 1. The molecule has 0 radical (unpaired) electrons. The van der Waals surface area contributed by atoms with Gasteiger partial charge in [0.25, 0.3) is 5.60 Å². The van der Waals surface area contributed by atoms with Gasteiger partial charge in [0.1, 0.15) is 0 Å². The molecule has 0 bridgehead atoms. The Kier molecular flexibility index (Phi) is 5.66. The highest BCUT2D eigenvalue weighted by Crippen LogP contribution is 2.49. The van der Waals surface area contributed by atoms with E-state index in [9.17, 15) is 31.1 Å². The fraction of sp³-hybridized carbons (Fsp3) is 0.391. The van der Waals surface area contributed by atoms with Crippen molar-refractivity contribution in [3.8, 4) is 0 Å². The Balaban J connectivity index is 1.64. The van der Waals surface area contributed by atoms with Crippen molar-refractivity contribution in [3.05, 3.63) is 70.3 Å². The average Bonchev–Trinajstić information content (AvgIpc) is 3.38. The Labute approximate surface area is 185 Å². The molecule has 2 unspecified atom stereocenters. The predicted octanol–water partition coefficient (Wildman–Crippen LogP) is 5.80. The van der Waals surface area contributed by atoms with E-state index in [1.54, 1.807) is 25.1 Å². The molecule has 33 heavy (non-hydrogen) atoms. The minimum Gasteiger partial charge on any atom is -0.374 e. The van der Waals surface area contributed by atoms with Gasteiger partial charge >= 0.3 is 12.4 Å². The van der Waals surface area contributed by atoms with Crippen LogP contribution in [0.25, 0.3) is 0 Å². The van der Waals surface area contributed by atoms with Crippen molar-refractivity contribution in [2.45, 2.75) is 56.6 Å². The van der Waals surface area contributed by atoms with Crippen molar-refractivity contribution in [1.29, 1.82) is 0 Å². The Bertz CT molecular complexity index is 1110. The second-order valence-corrected chi connectivity index (χ2v) is 8.14. The van der Waals surface area contributed by atoms with E-state index >= 15 is 0 Å². The molecular weight excluding hydrogens is 450 g/mol. The number of nitrogens with one attached hydrogen (secondary N) is 1. The van der Waals surface area contributed by atoms with Crippen molar-refractivity contribution in [3.63, 3.8) is 0 Å². The Morgan fingerprint density at radius 3 is 2.58 bits per heavy atom. The number of aryl methyl sites for hydroxylation is 1. The van der Waals surface area contributed by atoms with Gasteiger partial charge in [0, 0.05) is 18.4 Å². The lowest BCUT2D eigenvalue weighted by atomic mass is 9.85. The number of carbonyl (C=O) groups is 1. The quantitative estimate of drug-likeness (QED) is 0.575. The largest absolute Gasteiger partial charge is 0.435 e. The van der Waals surface area contributed by atoms with Gasteiger partial charge < -0.3 is 10.2 Å². The number of amides is 1. The molecule has 2 aromatic carbocycles. The summed E-state index contributed by atoms with van der Waals surface area (Å²) >= 11 is 0. The zero-order valence-corrected chi connectivity index (χ0v) is 17.5. The third-order valence-electron chi connectivity index (χ3n) is 6.05. The second-order valence-electron chi connectivity index (χ2n) is 8.14. The van der Waals surface area contributed by atoms with Gasteiger partial charge in [0.05, 0.1) is 17.3 Å². The van der Waals surface area contributed by atoms with E-state index in [-0.39, 0.29) is 17.7 Å². The molecule has 2 aromatic rings. The van der Waals surface area contributed by atoms with Crippen LogP contribution in [0.2, 0.25) is 0 Å². The monoisotopic (exact) mass is 470 g/mol. The SMILES string of the molecule is CCC(=O)NC1CCc2cc(C3=NOC(c4cccc(C(F)(F)F)c4)(C(F)(F)F)C3)ccc21. The highest BCUT2D eigenvalue weighted by atomic mass is 19.4. The van der Waals surface area contributed by atoms with Crippen LogP contribution < -0.4 is 5.32 Å². The van der Waals surface area contributed by atoms with Crippen LogP contribution in [0.3, 0.4) is 0 Å². The first kappa shape index (κ1) is 23.1. The topological polar surface area (TPSA) is 50.7 Å². The number of carbonyl (C=O) groups excluding carboxylic acids is 1. The summed E-state index contributed by atoms with van der Waals surface area (Å²) in [6.07, 6.45) is -8.92. The van der Waals surface area contributed by atoms with E-state index in [1.165, 1.54) is 0 Å². The Morgan fingerprint density at radius 1 is 1.15 bits per heavy atom. The number of alkyl halides is 6. The van der Waals surface area contributed by atoms with Gasteiger partial charge in [0.2, 0.25) is 5.91 Å². The molecule has 0 aromatic heterocycles. The zero-order valence-electron chi connectivity index (χ0n) is 17.5. The predicted molar refractivity (Wildman–Crippen MR) is 107 cm³/mol. The van der Waals surface area contributed by atoms with Crippen LogP contribution in [0.1, 0.15) is 60.0 Å². The minimum absolute atomic E-state index is 0.00594. The van der Waals surface area contributed by atoms with E-state index in [0.717, 1.165) is 23.3 Å². The smallest absolute Gasteiger partial charge is 0.374 e. The first-order valence-corrected chi connectivity index (χ1v) is 10.4. The van der Waals surface area contributed by atoms with Crippen molar-refractivity contribution >= 4 is 11.6 Å². The van der Waals surface area contributed by atoms with E-state index < -0.39 is 35.5 Å². The number of benzene rings is 2. The number of halogens is 6. The molecule has 1 N–H and O–H groups in total. The van der Waals surface area contributed by atoms with Crippen LogP contribution in [0, 0.1) is 0 Å². The van der Waals surface area contributed by atoms with Crippen LogP contribution in [0.15, 0.2) is 47.6 Å². The van der Waals surface area contributed by atoms with Gasteiger partial charge in [-0.05, 0) is 47.7 Å². The van der Waals surface area contributed by atoms with Crippen molar-refractivity contribution in [2.75, 3.05) is 0 Å². The van der Waals surface area contributed by atoms with Crippen LogP contribution in [-0.2, 0) is 27.8 Å². The molecule has 4 rings (SSSR count). The van der Waals surface area contributed by atoms with Crippen LogP contribution in [0.4, 0.5) is 26.3 Å². The number of hydrogen-bond acceptors (Lipinski definition) is 3. The molecule has 2 aliphatic rings. The van der Waals surface area contributed by atoms with Gasteiger partial charge in [0.15, 0.2) is 0 Å². The summed E-state index contributed by atoms with van der Waals surface area (Å²) in [5, 5.41) is 6.56. The molecule has 176 valence electrons. The van der Waals surface area contributed by atoms with E-state index in [2.05, 4.69) is 10.5 Å². The third kappa shape index (κ3) is 4.18. The van der Waals surface area contributed by atoms with Gasteiger partial charge in [-0.25, -0.2) is 0 Å². The number of oxime groups is 1. The van der Waals surface area contributed by atoms with Gasteiger partial charge in [-0.2, -0.15) is 26.3 Å². The summed E-state index contributed by atoms with van der Waals surface area (Å²) in [7, 11) is 0. The molecule has 4 nitrogen and oxygen atoms in total. The zero-order chi connectivity index (χ0) is 24.0. The van der Waals surface area contributed by atoms with E-state index in [0.29, 0.717) is 37.0 Å². The van der Waals surface area contributed by atoms with Crippen molar-refractivity contribution in [2.24, 2.45) is 5.16 Å². The van der Waals surface area contributed by atoms with Crippen molar-refractivity contribution < 1.29 is 36.0 Å². The second kappa shape index (κ2) is 8.07. The maximum Gasteiger partial charge on any atom is 0.435 e. The highest BCUT2D eigenvalue weighted by molar-refractivity contribution is 6.02. The third-order valence-corrected chi connectivity index (χ3v) is 6.05. The Hall–Kier alpha value is -3.04. The number of fused-ring (bicyclic) bond motifs is 1. The molecular formula is C23H20F6N2O2. The van der Waals surface area contributed by atoms with Gasteiger partial charge in [-0.3, -0.25) is 4.79 Å². The molecule has 1 amide bonds. The summed E-state index contributed by atoms with van der Waals surface area (Å²) in [6.45, 7) is 1.74. The lowest BCUT2D eigenvalue weighted by Gasteiger charge is -2.30. The minimum atomic E-state index is -5.01. The highest BCUT2D eigenvalue weighted by Gasteiger charge is 2.62. The van der Waals surface area contributed by atoms with Crippen molar-refractivity contribution in [1.82, 2.24) is 5.32 Å². The number of hydrogen-bond donors (Lipinski definition) is 1. The first-order valence-electron chi connectivity index (χ1n) is 10.4. The fourth-order valence-corrected chi connectivity index (χ4v) is 4.25. The summed E-state index contributed by atoms with van der Waals surface area (Å²) < 4.78 is 81.7. The van der Waals surface area contributed by atoms with Crippen LogP contribution >= 0.6 is 0 Å². The summed E-state index contributed by atoms with van der Waals surface area (Å²) in [5.41, 5.74) is -2.71. The van der Waals surface area contributed by atoms with Gasteiger partial charge in [-0.15, -0.1) is 0 Å². The normalized spacial score (nSPS) is 22.5. The lowest BCUT2D eigenvalue weighted by molar-refractivity contribution is -0.276. The molecule has 0 fully saturated rings. The maximum atomic E-state index is 14.1. The molecule has 0 saturated carbocycles. The first-order chi connectivity index (χ1) is 15.4. The van der Waals surface area contributed by atoms with E-state index in [1.807, 2.05) is 0 Å². The molecule has 1 aliphatic carbocycles. The van der Waals surface area contributed by atoms with Crippen LogP contribution in [0.5, 0.6) is 0 Å².